The summed E-state index contributed by atoms with van der Waals surface area (Å²) in [4.78, 5) is 18.3. The fourth-order valence-electron chi connectivity index (χ4n) is 4.76. The summed E-state index contributed by atoms with van der Waals surface area (Å²) in [6, 6.07) is 14.4. The maximum atomic E-state index is 12.8. The van der Waals surface area contributed by atoms with Gasteiger partial charge in [0.1, 0.15) is 12.7 Å². The molecule has 1 atom stereocenters. The number of hydrogen-bond acceptors (Lipinski definition) is 4. The van der Waals surface area contributed by atoms with Crippen molar-refractivity contribution >= 4 is 11.0 Å². The van der Waals surface area contributed by atoms with Crippen LogP contribution in [0, 0.1) is 0 Å². The van der Waals surface area contributed by atoms with E-state index in [-0.39, 0.29) is 23.3 Å². The molecule has 2 aliphatic rings. The molecule has 0 radical (unpaired) electrons. The number of likely N-dealkylation sites (tertiary alicyclic amines) is 1. The molecule has 0 aliphatic carbocycles. The topological polar surface area (TPSA) is 59.5 Å². The summed E-state index contributed by atoms with van der Waals surface area (Å²) in [5.74, 6) is 1.65. The fourth-order valence-corrected chi connectivity index (χ4v) is 4.76. The molecule has 1 fully saturated rings. The van der Waals surface area contributed by atoms with E-state index >= 15 is 0 Å². The molecule has 164 valence electrons. The van der Waals surface area contributed by atoms with Crippen molar-refractivity contribution in [3.63, 3.8) is 0 Å². The van der Waals surface area contributed by atoms with Crippen LogP contribution in [-0.4, -0.2) is 46.8 Å². The van der Waals surface area contributed by atoms with E-state index in [1.807, 2.05) is 28.8 Å². The second-order valence-corrected chi connectivity index (χ2v) is 9.81. The van der Waals surface area contributed by atoms with E-state index in [9.17, 15) is 4.79 Å². The summed E-state index contributed by atoms with van der Waals surface area (Å²) in [5, 5.41) is 0. The quantitative estimate of drug-likeness (QED) is 0.692. The highest BCUT2D eigenvalue weighted by molar-refractivity contribution is 5.76. The highest BCUT2D eigenvalue weighted by atomic mass is 16.6. The van der Waals surface area contributed by atoms with Gasteiger partial charge in [-0.25, -0.2) is 4.79 Å². The number of aromatic amines is 1. The van der Waals surface area contributed by atoms with Gasteiger partial charge in [0, 0.05) is 25.7 Å². The lowest BCUT2D eigenvalue weighted by atomic mass is 9.87. The van der Waals surface area contributed by atoms with Crippen LogP contribution in [0.4, 0.5) is 0 Å². The number of aromatic nitrogens is 2. The van der Waals surface area contributed by atoms with Crippen molar-refractivity contribution in [2.24, 2.45) is 0 Å². The van der Waals surface area contributed by atoms with Gasteiger partial charge in [-0.3, -0.25) is 9.47 Å². The van der Waals surface area contributed by atoms with E-state index in [0.717, 1.165) is 55.0 Å². The number of H-pyrrole nitrogens is 1. The first-order valence-electron chi connectivity index (χ1n) is 11.2. The molecule has 3 aromatic rings. The lowest BCUT2D eigenvalue weighted by Gasteiger charge is -2.36. The van der Waals surface area contributed by atoms with Gasteiger partial charge in [-0.2, -0.15) is 0 Å². The van der Waals surface area contributed by atoms with Gasteiger partial charge >= 0.3 is 5.69 Å². The van der Waals surface area contributed by atoms with Crippen LogP contribution in [0.1, 0.15) is 45.2 Å². The van der Waals surface area contributed by atoms with Crippen LogP contribution in [-0.2, 0) is 5.41 Å². The molecule has 0 bridgehead atoms. The first-order chi connectivity index (χ1) is 14.9. The SMILES string of the molecule is CC(C)(C)c1ccc2c(c1)[nH]c(=O)n2C1CCN(CC2COc3ccccc3O2)CC1. The largest absolute Gasteiger partial charge is 0.486 e. The summed E-state index contributed by atoms with van der Waals surface area (Å²) in [5.41, 5.74) is 3.24. The molecule has 1 aromatic heterocycles. The van der Waals surface area contributed by atoms with Crippen LogP contribution in [0.15, 0.2) is 47.3 Å². The Morgan fingerprint density at radius 1 is 1.06 bits per heavy atom. The number of nitrogens with one attached hydrogen (secondary N) is 1. The first kappa shape index (κ1) is 20.2. The first-order valence-corrected chi connectivity index (χ1v) is 11.2. The molecule has 1 saturated heterocycles. The minimum absolute atomic E-state index is 0.000120. The minimum Gasteiger partial charge on any atom is -0.486 e. The van der Waals surface area contributed by atoms with E-state index in [1.165, 1.54) is 5.56 Å². The number of imidazole rings is 1. The monoisotopic (exact) mass is 421 g/mol. The normalized spacial score (nSPS) is 20.3. The highest BCUT2D eigenvalue weighted by Crippen LogP contribution is 2.32. The van der Waals surface area contributed by atoms with E-state index in [2.05, 4.69) is 48.9 Å². The van der Waals surface area contributed by atoms with E-state index in [0.29, 0.717) is 6.61 Å². The zero-order chi connectivity index (χ0) is 21.6. The summed E-state index contributed by atoms with van der Waals surface area (Å²) < 4.78 is 13.9. The van der Waals surface area contributed by atoms with Crippen molar-refractivity contribution in [1.82, 2.24) is 14.5 Å². The number of piperidine rings is 1. The van der Waals surface area contributed by atoms with Gasteiger partial charge in [-0.1, -0.05) is 39.0 Å². The molecule has 5 rings (SSSR count). The fraction of sp³-hybridized carbons (Fsp3) is 0.480. The third-order valence-corrected chi connectivity index (χ3v) is 6.53. The summed E-state index contributed by atoms with van der Waals surface area (Å²) >= 11 is 0. The van der Waals surface area contributed by atoms with E-state index in [1.54, 1.807) is 0 Å². The molecule has 1 unspecified atom stereocenters. The van der Waals surface area contributed by atoms with Gasteiger partial charge < -0.3 is 14.5 Å². The predicted octanol–water partition coefficient (Wildman–Crippen LogP) is 4.10. The third kappa shape index (κ3) is 3.97. The van der Waals surface area contributed by atoms with Gasteiger partial charge in [0.05, 0.1) is 11.0 Å². The van der Waals surface area contributed by atoms with Crippen molar-refractivity contribution < 1.29 is 9.47 Å². The Balaban J connectivity index is 1.25. The average Bonchev–Trinajstić information content (AvgIpc) is 3.08. The minimum atomic E-state index is 0.000120. The summed E-state index contributed by atoms with van der Waals surface area (Å²) in [6.45, 7) is 9.90. The van der Waals surface area contributed by atoms with Crippen LogP contribution in [0.25, 0.3) is 11.0 Å². The number of para-hydroxylation sites is 2. The molecule has 31 heavy (non-hydrogen) atoms. The van der Waals surface area contributed by atoms with Crippen molar-refractivity contribution in [2.45, 2.75) is 51.2 Å². The molecule has 6 nitrogen and oxygen atoms in total. The number of hydrogen-bond donors (Lipinski definition) is 1. The maximum Gasteiger partial charge on any atom is 0.326 e. The second-order valence-electron chi connectivity index (χ2n) is 9.81. The Labute approximate surface area is 182 Å². The van der Waals surface area contributed by atoms with Crippen LogP contribution < -0.4 is 15.2 Å². The number of ether oxygens (including phenoxy) is 2. The van der Waals surface area contributed by atoms with Gasteiger partial charge in [0.25, 0.3) is 0 Å². The Morgan fingerprint density at radius 2 is 1.81 bits per heavy atom. The maximum absolute atomic E-state index is 12.8. The molecule has 3 heterocycles. The Morgan fingerprint density at radius 3 is 2.55 bits per heavy atom. The van der Waals surface area contributed by atoms with Crippen molar-refractivity contribution in [3.05, 3.63) is 58.5 Å². The standard InChI is InChI=1S/C25H31N3O3/c1-25(2,3)17-8-9-21-20(14-17)26-24(29)28(21)18-10-12-27(13-11-18)15-19-16-30-22-6-4-5-7-23(22)31-19/h4-9,14,18-19H,10-13,15-16H2,1-3H3,(H,26,29). The van der Waals surface area contributed by atoms with Crippen molar-refractivity contribution in [1.29, 1.82) is 0 Å². The summed E-state index contributed by atoms with van der Waals surface area (Å²) in [6.07, 6.45) is 1.95. The van der Waals surface area contributed by atoms with Gasteiger partial charge in [0.2, 0.25) is 0 Å². The average molecular weight is 422 g/mol. The van der Waals surface area contributed by atoms with Crippen LogP contribution in [0.3, 0.4) is 0 Å². The Hall–Kier alpha value is -2.73. The zero-order valence-electron chi connectivity index (χ0n) is 18.6. The smallest absolute Gasteiger partial charge is 0.326 e. The van der Waals surface area contributed by atoms with E-state index < -0.39 is 0 Å². The van der Waals surface area contributed by atoms with Crippen LogP contribution >= 0.6 is 0 Å². The molecule has 6 heteroatoms. The van der Waals surface area contributed by atoms with Crippen LogP contribution in [0.2, 0.25) is 0 Å². The van der Waals surface area contributed by atoms with Crippen molar-refractivity contribution in [3.8, 4) is 11.5 Å². The molecule has 0 saturated carbocycles. The molecule has 0 spiro atoms. The second kappa shape index (κ2) is 7.75. The van der Waals surface area contributed by atoms with Gasteiger partial charge in [-0.15, -0.1) is 0 Å². The molecule has 0 amide bonds. The number of nitrogens with zero attached hydrogens (tertiary/aromatic N) is 2. The van der Waals surface area contributed by atoms with E-state index in [4.69, 9.17) is 9.47 Å². The molecular formula is C25H31N3O3. The summed E-state index contributed by atoms with van der Waals surface area (Å²) in [7, 11) is 0. The van der Waals surface area contributed by atoms with Gasteiger partial charge in [-0.05, 0) is 48.1 Å². The lowest BCUT2D eigenvalue weighted by Crippen LogP contribution is -2.45. The molecular weight excluding hydrogens is 390 g/mol. The highest BCUT2D eigenvalue weighted by Gasteiger charge is 2.28. The van der Waals surface area contributed by atoms with Crippen molar-refractivity contribution in [2.75, 3.05) is 26.2 Å². The lowest BCUT2D eigenvalue weighted by molar-refractivity contribution is 0.0485. The molecule has 2 aromatic carbocycles. The molecule has 2 aliphatic heterocycles. The molecule has 1 N–H and O–H groups in total. The number of rotatable bonds is 3. The predicted molar refractivity (Wildman–Crippen MR) is 122 cm³/mol. The Bertz CT molecular complexity index is 1130. The Kier molecular flexibility index (Phi) is 5.05. The van der Waals surface area contributed by atoms with Gasteiger partial charge in [0.15, 0.2) is 11.5 Å². The number of fused-ring (bicyclic) bond motifs is 2. The third-order valence-electron chi connectivity index (χ3n) is 6.53. The number of benzene rings is 2. The van der Waals surface area contributed by atoms with Crippen LogP contribution in [0.5, 0.6) is 11.5 Å². The zero-order valence-corrected chi connectivity index (χ0v) is 18.6.